The smallest absolute Gasteiger partial charge is 0.227 e. The normalized spacial score (nSPS) is 16.0. The van der Waals surface area contributed by atoms with Gasteiger partial charge in [0.2, 0.25) is 5.91 Å². The minimum atomic E-state index is -0.223. The van der Waals surface area contributed by atoms with Crippen molar-refractivity contribution < 1.29 is 9.18 Å². The molecule has 4 aromatic rings. The van der Waals surface area contributed by atoms with E-state index in [0.717, 1.165) is 68.3 Å². The molecule has 7 rings (SSSR count). The highest BCUT2D eigenvalue weighted by Gasteiger charge is 2.29. The van der Waals surface area contributed by atoms with Gasteiger partial charge in [-0.2, -0.15) is 9.49 Å². The van der Waals surface area contributed by atoms with Crippen molar-refractivity contribution in [1.82, 2.24) is 20.4 Å². The van der Waals surface area contributed by atoms with Crippen LogP contribution < -0.4 is 10.7 Å². The molecule has 3 aliphatic rings. The number of H-pyrrole nitrogens is 1. The first-order valence-corrected chi connectivity index (χ1v) is 13.4. The van der Waals surface area contributed by atoms with Gasteiger partial charge in [0.1, 0.15) is 5.71 Å². The van der Waals surface area contributed by atoms with Gasteiger partial charge in [-0.15, -0.1) is 11.3 Å². The van der Waals surface area contributed by atoms with Gasteiger partial charge in [-0.3, -0.25) is 9.78 Å². The van der Waals surface area contributed by atoms with Gasteiger partial charge >= 0.3 is 0 Å². The summed E-state index contributed by atoms with van der Waals surface area (Å²) in [5, 5.41) is 7.39. The summed E-state index contributed by atoms with van der Waals surface area (Å²) in [6.45, 7) is 0.609. The van der Waals surface area contributed by atoms with Crippen LogP contribution in [0.5, 0.6) is 0 Å². The zero-order valence-electron chi connectivity index (χ0n) is 20.3. The number of aromatic amines is 1. The number of hydrogen-bond donors (Lipinski definition) is 3. The lowest BCUT2D eigenvalue weighted by atomic mass is 9.95. The summed E-state index contributed by atoms with van der Waals surface area (Å²) in [6, 6.07) is 11.5. The number of thiophene rings is 1. The van der Waals surface area contributed by atoms with E-state index in [1.54, 1.807) is 18.5 Å². The fourth-order valence-corrected chi connectivity index (χ4v) is 5.57. The SMILES string of the molecule is O=C(Nc1cncc(-c2ccc3c(c2)C(c2nc4c([nH]2)CC=CC=C4c2ccc(F)s2)=NNC3)c1)C1CC1. The lowest BCUT2D eigenvalue weighted by Gasteiger charge is -2.18. The van der Waals surface area contributed by atoms with Gasteiger partial charge < -0.3 is 15.7 Å². The highest BCUT2D eigenvalue weighted by Crippen LogP contribution is 2.34. The first-order valence-electron chi connectivity index (χ1n) is 12.5. The van der Waals surface area contributed by atoms with Crippen molar-refractivity contribution in [2.75, 3.05) is 5.32 Å². The number of fused-ring (bicyclic) bond motifs is 2. The number of hydrazone groups is 1. The standard InChI is InChI=1S/C29H23FN6OS/c30-25-10-9-24(38-25)21-3-1-2-4-23-26(21)35-28(34-23)27-22-12-17(7-8-18(22)14-32-36-27)19-11-20(15-31-13-19)33-29(37)16-5-6-16/h1-3,7-13,15-16,32H,4-6,14H2,(H,33,37)(H,34,35). The molecular formula is C29H23FN6OS. The molecule has 1 amide bonds. The van der Waals surface area contributed by atoms with Gasteiger partial charge in [-0.1, -0.05) is 30.4 Å². The molecule has 188 valence electrons. The van der Waals surface area contributed by atoms with Crippen molar-refractivity contribution in [2.45, 2.75) is 25.8 Å². The minimum absolute atomic E-state index is 0.0565. The summed E-state index contributed by atoms with van der Waals surface area (Å²) < 4.78 is 13.8. The van der Waals surface area contributed by atoms with E-state index >= 15 is 0 Å². The highest BCUT2D eigenvalue weighted by atomic mass is 32.1. The first kappa shape index (κ1) is 22.8. The van der Waals surface area contributed by atoms with Crippen molar-refractivity contribution in [3.63, 3.8) is 0 Å². The number of nitrogens with one attached hydrogen (secondary N) is 3. The van der Waals surface area contributed by atoms with E-state index in [1.165, 1.54) is 6.07 Å². The first-order chi connectivity index (χ1) is 18.6. The number of aromatic nitrogens is 3. The fourth-order valence-electron chi connectivity index (χ4n) is 4.81. The maximum atomic E-state index is 13.8. The Kier molecular flexibility index (Phi) is 5.51. The average molecular weight is 523 g/mol. The monoisotopic (exact) mass is 522 g/mol. The van der Waals surface area contributed by atoms with Crippen molar-refractivity contribution in [3.05, 3.63) is 105 Å². The molecule has 1 aromatic carbocycles. The highest BCUT2D eigenvalue weighted by molar-refractivity contribution is 7.11. The summed E-state index contributed by atoms with van der Waals surface area (Å²) in [7, 11) is 0. The Labute approximate surface area is 222 Å². The maximum absolute atomic E-state index is 13.8. The largest absolute Gasteiger partial charge is 0.340 e. The van der Waals surface area contributed by atoms with E-state index in [0.29, 0.717) is 30.2 Å². The lowest BCUT2D eigenvalue weighted by molar-refractivity contribution is -0.117. The molecule has 38 heavy (non-hydrogen) atoms. The zero-order valence-corrected chi connectivity index (χ0v) is 21.1. The van der Waals surface area contributed by atoms with Crippen LogP contribution in [0.15, 0.2) is 72.1 Å². The number of anilines is 1. The predicted octanol–water partition coefficient (Wildman–Crippen LogP) is 5.42. The van der Waals surface area contributed by atoms with Crippen LogP contribution in [-0.2, 0) is 17.8 Å². The number of hydrogen-bond acceptors (Lipinski definition) is 6. The van der Waals surface area contributed by atoms with E-state index < -0.39 is 0 Å². The molecule has 0 spiro atoms. The third-order valence-electron chi connectivity index (χ3n) is 6.93. The molecule has 3 aromatic heterocycles. The topological polar surface area (TPSA) is 95.1 Å². The summed E-state index contributed by atoms with van der Waals surface area (Å²) >= 11 is 1.11. The number of pyridine rings is 1. The molecule has 9 heteroatoms. The van der Waals surface area contributed by atoms with Crippen LogP contribution in [0.3, 0.4) is 0 Å². The van der Waals surface area contributed by atoms with Gasteiger partial charge in [0.25, 0.3) is 0 Å². The van der Waals surface area contributed by atoms with Gasteiger partial charge in [0.15, 0.2) is 11.0 Å². The lowest BCUT2D eigenvalue weighted by Crippen LogP contribution is -2.22. The van der Waals surface area contributed by atoms with E-state index in [2.05, 4.69) is 50.1 Å². The molecule has 0 unspecified atom stereocenters. The van der Waals surface area contributed by atoms with Crippen LogP contribution in [0.1, 0.15) is 46.1 Å². The Hall–Kier alpha value is -4.37. The van der Waals surface area contributed by atoms with Gasteiger partial charge in [-0.05, 0) is 48.2 Å². The molecule has 1 aliphatic heterocycles. The molecule has 7 nitrogen and oxygen atoms in total. The van der Waals surface area contributed by atoms with Crippen molar-refractivity contribution in [2.24, 2.45) is 11.0 Å². The molecule has 1 saturated carbocycles. The quantitative estimate of drug-likeness (QED) is 0.326. The van der Waals surface area contributed by atoms with Crippen molar-refractivity contribution in [3.8, 4) is 11.1 Å². The van der Waals surface area contributed by atoms with Crippen LogP contribution in [0.25, 0.3) is 16.7 Å². The summed E-state index contributed by atoms with van der Waals surface area (Å²) in [6.07, 6.45) is 12.1. The average Bonchev–Trinajstić information content (AvgIpc) is 3.63. The second-order valence-electron chi connectivity index (χ2n) is 9.62. The Morgan fingerprint density at radius 1 is 1.11 bits per heavy atom. The van der Waals surface area contributed by atoms with E-state index in [9.17, 15) is 9.18 Å². The molecule has 0 radical (unpaired) electrons. The molecule has 4 heterocycles. The number of amides is 1. The number of halogens is 1. The van der Waals surface area contributed by atoms with Crippen LogP contribution >= 0.6 is 11.3 Å². The van der Waals surface area contributed by atoms with Crippen LogP contribution in [0.2, 0.25) is 0 Å². The minimum Gasteiger partial charge on any atom is -0.340 e. The summed E-state index contributed by atoms with van der Waals surface area (Å²) in [5.41, 5.74) is 11.1. The number of rotatable bonds is 5. The number of carbonyl (C=O) groups is 1. The van der Waals surface area contributed by atoms with E-state index in [-0.39, 0.29) is 17.0 Å². The number of carbonyl (C=O) groups excluding carboxylic acids is 1. The van der Waals surface area contributed by atoms with Gasteiger partial charge in [0.05, 0.1) is 24.1 Å². The predicted molar refractivity (Wildman–Crippen MR) is 146 cm³/mol. The Morgan fingerprint density at radius 3 is 2.87 bits per heavy atom. The number of nitrogens with zero attached hydrogens (tertiary/aromatic N) is 3. The summed E-state index contributed by atoms with van der Waals surface area (Å²) in [4.78, 5) is 25.9. The van der Waals surface area contributed by atoms with E-state index in [4.69, 9.17) is 4.98 Å². The van der Waals surface area contributed by atoms with Gasteiger partial charge in [0, 0.05) is 45.8 Å². The molecule has 0 bridgehead atoms. The van der Waals surface area contributed by atoms with Crippen LogP contribution in [0.4, 0.5) is 10.1 Å². The molecule has 2 aliphatic carbocycles. The molecule has 0 atom stereocenters. The van der Waals surface area contributed by atoms with Crippen LogP contribution in [-0.4, -0.2) is 26.6 Å². The Bertz CT molecular complexity index is 1680. The molecule has 3 N–H and O–H groups in total. The number of allylic oxidation sites excluding steroid dienone is 3. The molecule has 1 fully saturated rings. The second-order valence-corrected chi connectivity index (χ2v) is 10.7. The number of benzene rings is 1. The van der Waals surface area contributed by atoms with E-state index in [1.807, 2.05) is 18.2 Å². The van der Waals surface area contributed by atoms with Crippen molar-refractivity contribution >= 4 is 34.2 Å². The maximum Gasteiger partial charge on any atom is 0.227 e. The Balaban J connectivity index is 1.24. The van der Waals surface area contributed by atoms with Crippen LogP contribution in [0, 0.1) is 11.0 Å². The van der Waals surface area contributed by atoms with Crippen molar-refractivity contribution in [1.29, 1.82) is 0 Å². The fraction of sp³-hybridized carbons (Fsp3) is 0.172. The second kappa shape index (κ2) is 9.18. The third kappa shape index (κ3) is 4.24. The number of imidazole rings is 1. The zero-order chi connectivity index (χ0) is 25.6. The van der Waals surface area contributed by atoms with Gasteiger partial charge in [-0.25, -0.2) is 4.98 Å². The molecule has 0 saturated heterocycles. The Morgan fingerprint density at radius 2 is 2.03 bits per heavy atom. The molecular weight excluding hydrogens is 499 g/mol. The summed E-state index contributed by atoms with van der Waals surface area (Å²) in [5.74, 6) is 0.838. The third-order valence-corrected chi connectivity index (χ3v) is 7.84.